The maximum Gasteiger partial charge on any atom is 0.393 e. The molecular formula is C27H28F8N6O3. The Bertz CT molecular complexity index is 1520. The summed E-state index contributed by atoms with van der Waals surface area (Å²) in [5.74, 6) is -7.16. The Balaban J connectivity index is 1.51. The van der Waals surface area contributed by atoms with E-state index in [9.17, 15) is 44.7 Å². The van der Waals surface area contributed by atoms with Gasteiger partial charge in [0, 0.05) is 24.8 Å². The number of nitrogens with one attached hydrogen (secondary N) is 1. The first-order chi connectivity index (χ1) is 20.5. The summed E-state index contributed by atoms with van der Waals surface area (Å²) in [6.45, 7) is 0. The molecule has 0 aliphatic heterocycles. The Morgan fingerprint density at radius 3 is 2.34 bits per heavy atom. The first-order valence-corrected chi connectivity index (χ1v) is 13.9. The third-order valence-corrected chi connectivity index (χ3v) is 8.03. The Hall–Kier alpha value is -3.79. The number of carbonyl (C=O) groups is 2. The SMILES string of the molecule is NC(=O)c1noc([C@H](c2cn3ncc([C@H](NC(=O)CCC(F)(F)F)C4CC4)cc3n2)C2CCC(F)(F)CC2)c1CC(F)(F)F. The lowest BCUT2D eigenvalue weighted by Gasteiger charge is -2.32. The van der Waals surface area contributed by atoms with E-state index in [1.54, 1.807) is 6.07 Å². The lowest BCUT2D eigenvalue weighted by molar-refractivity contribution is -0.144. The van der Waals surface area contributed by atoms with Crippen LogP contribution < -0.4 is 11.1 Å². The highest BCUT2D eigenvalue weighted by Gasteiger charge is 2.44. The van der Waals surface area contributed by atoms with Crippen LogP contribution in [0, 0.1) is 11.8 Å². The first kappa shape index (κ1) is 31.6. The Morgan fingerprint density at radius 1 is 1.07 bits per heavy atom. The molecule has 9 nitrogen and oxygen atoms in total. The molecular weight excluding hydrogens is 608 g/mol. The lowest BCUT2D eigenvalue weighted by atomic mass is 9.75. The molecule has 44 heavy (non-hydrogen) atoms. The minimum Gasteiger partial charge on any atom is -0.364 e. The van der Waals surface area contributed by atoms with Gasteiger partial charge in [-0.3, -0.25) is 9.59 Å². The van der Waals surface area contributed by atoms with Crippen LogP contribution in [0.5, 0.6) is 0 Å². The molecule has 3 aromatic rings. The van der Waals surface area contributed by atoms with Crippen LogP contribution in [0.15, 0.2) is 23.0 Å². The highest BCUT2D eigenvalue weighted by molar-refractivity contribution is 5.92. The summed E-state index contributed by atoms with van der Waals surface area (Å²) in [5.41, 5.74) is 4.71. The Labute approximate surface area is 244 Å². The van der Waals surface area contributed by atoms with Gasteiger partial charge in [0.15, 0.2) is 11.3 Å². The highest BCUT2D eigenvalue weighted by Crippen LogP contribution is 2.47. The molecule has 3 aromatic heterocycles. The van der Waals surface area contributed by atoms with E-state index in [0.29, 0.717) is 5.56 Å². The highest BCUT2D eigenvalue weighted by atomic mass is 19.4. The van der Waals surface area contributed by atoms with Gasteiger partial charge in [0.2, 0.25) is 11.8 Å². The maximum atomic E-state index is 14.1. The number of nitrogens with two attached hydrogens (primary N) is 1. The molecule has 3 N–H and O–H groups in total. The van der Waals surface area contributed by atoms with Crippen LogP contribution in [0.2, 0.25) is 0 Å². The van der Waals surface area contributed by atoms with Gasteiger partial charge in [0.25, 0.3) is 5.91 Å². The van der Waals surface area contributed by atoms with Gasteiger partial charge in [0.1, 0.15) is 5.76 Å². The van der Waals surface area contributed by atoms with E-state index in [2.05, 4.69) is 20.6 Å². The van der Waals surface area contributed by atoms with E-state index >= 15 is 0 Å². The van der Waals surface area contributed by atoms with E-state index in [1.165, 1.54) is 16.9 Å². The van der Waals surface area contributed by atoms with Crippen LogP contribution >= 0.6 is 0 Å². The smallest absolute Gasteiger partial charge is 0.364 e. The summed E-state index contributed by atoms with van der Waals surface area (Å²) >= 11 is 0. The predicted octanol–water partition coefficient (Wildman–Crippen LogP) is 5.79. The number of primary amides is 1. The van der Waals surface area contributed by atoms with E-state index in [1.807, 2.05) is 0 Å². The standard InChI is InChI=1S/C27H28F8N6O3/c28-25(29)6-3-13(4-7-25)20(23-16(10-27(33,34)35)22(24(36)43)40-44-23)17-12-41-18(38-17)9-15(11-37-41)21(14-1-2-14)39-19(42)5-8-26(30,31)32/h9,11-14,20-21H,1-8,10H2,(H2,36,43)(H,39,42)/t20-,21+/m0/s1. The first-order valence-electron chi connectivity index (χ1n) is 13.9. The number of amides is 2. The number of halogens is 8. The second-order valence-electron chi connectivity index (χ2n) is 11.5. The zero-order valence-electron chi connectivity index (χ0n) is 23.0. The molecule has 240 valence electrons. The molecule has 2 aliphatic rings. The normalized spacial score (nSPS) is 19.2. The van der Waals surface area contributed by atoms with Gasteiger partial charge >= 0.3 is 12.4 Å². The van der Waals surface area contributed by atoms with Crippen molar-refractivity contribution in [3.05, 3.63) is 46.7 Å². The number of imidazole rings is 1. The van der Waals surface area contributed by atoms with Crippen molar-refractivity contribution in [2.75, 3.05) is 0 Å². The van der Waals surface area contributed by atoms with Gasteiger partial charge in [-0.1, -0.05) is 5.16 Å². The third kappa shape index (κ3) is 7.46. The summed E-state index contributed by atoms with van der Waals surface area (Å²) in [5, 5.41) is 10.4. The summed E-state index contributed by atoms with van der Waals surface area (Å²) in [6, 6.07) is 0.900. The molecule has 5 rings (SSSR count). The zero-order valence-corrected chi connectivity index (χ0v) is 23.0. The Kier molecular flexibility index (Phi) is 8.35. The number of hydrogen-bond donors (Lipinski definition) is 2. The topological polar surface area (TPSA) is 128 Å². The molecule has 0 radical (unpaired) electrons. The van der Waals surface area contributed by atoms with Crippen molar-refractivity contribution < 1.29 is 49.2 Å². The molecule has 17 heteroatoms. The third-order valence-electron chi connectivity index (χ3n) is 8.03. The average molecular weight is 637 g/mol. The largest absolute Gasteiger partial charge is 0.393 e. The number of alkyl halides is 8. The number of carbonyl (C=O) groups excluding carboxylic acids is 2. The molecule has 2 fully saturated rings. The molecule has 0 aromatic carbocycles. The molecule has 2 atom stereocenters. The molecule has 0 spiro atoms. The number of rotatable bonds is 10. The van der Waals surface area contributed by atoms with Gasteiger partial charge < -0.3 is 15.6 Å². The van der Waals surface area contributed by atoms with Gasteiger partial charge in [-0.15, -0.1) is 0 Å². The van der Waals surface area contributed by atoms with Gasteiger partial charge in [-0.05, 0) is 49.1 Å². The number of fused-ring (bicyclic) bond motifs is 1. The van der Waals surface area contributed by atoms with E-state index in [4.69, 9.17) is 10.3 Å². The average Bonchev–Trinajstić information content (AvgIpc) is 3.54. The van der Waals surface area contributed by atoms with E-state index in [-0.39, 0.29) is 35.9 Å². The van der Waals surface area contributed by atoms with Crippen molar-refractivity contribution in [3.8, 4) is 0 Å². The summed E-state index contributed by atoms with van der Waals surface area (Å²) in [7, 11) is 0. The van der Waals surface area contributed by atoms with E-state index < -0.39 is 91.3 Å². The number of aromatic nitrogens is 4. The van der Waals surface area contributed by atoms with Crippen molar-refractivity contribution in [3.63, 3.8) is 0 Å². The van der Waals surface area contributed by atoms with Gasteiger partial charge in [-0.25, -0.2) is 18.3 Å². The number of nitrogens with zero attached hydrogens (tertiary/aromatic N) is 4. The van der Waals surface area contributed by atoms with Crippen LogP contribution in [0.4, 0.5) is 35.1 Å². The van der Waals surface area contributed by atoms with Crippen molar-refractivity contribution >= 4 is 17.5 Å². The van der Waals surface area contributed by atoms with Crippen molar-refractivity contribution in [1.82, 2.24) is 25.1 Å². The quantitative estimate of drug-likeness (QED) is 0.271. The fourth-order valence-electron chi connectivity index (χ4n) is 5.75. The molecule has 2 amide bonds. The predicted molar refractivity (Wildman–Crippen MR) is 135 cm³/mol. The van der Waals surface area contributed by atoms with Crippen molar-refractivity contribution in [2.24, 2.45) is 17.6 Å². The molecule has 0 saturated heterocycles. The van der Waals surface area contributed by atoms with Crippen molar-refractivity contribution in [1.29, 1.82) is 0 Å². The lowest BCUT2D eigenvalue weighted by Crippen LogP contribution is -2.30. The molecule has 3 heterocycles. The molecule has 2 aliphatic carbocycles. The summed E-state index contributed by atoms with van der Waals surface area (Å²) in [6.07, 6.45) is -9.88. The van der Waals surface area contributed by atoms with Gasteiger partial charge in [-0.2, -0.15) is 31.4 Å². The second kappa shape index (κ2) is 11.6. The van der Waals surface area contributed by atoms with Crippen molar-refractivity contribution in [2.45, 2.75) is 88.0 Å². The molecule has 2 saturated carbocycles. The molecule has 0 unspecified atom stereocenters. The monoisotopic (exact) mass is 636 g/mol. The van der Waals surface area contributed by atoms with E-state index in [0.717, 1.165) is 12.8 Å². The fourth-order valence-corrected chi connectivity index (χ4v) is 5.75. The number of hydrogen-bond acceptors (Lipinski definition) is 6. The minimum atomic E-state index is -4.79. The van der Waals surface area contributed by atoms with Gasteiger partial charge in [0.05, 0.1) is 42.9 Å². The maximum absolute atomic E-state index is 14.1. The van der Waals surface area contributed by atoms with Crippen LogP contribution in [0.1, 0.15) is 96.4 Å². The fraction of sp³-hybridized carbons (Fsp3) is 0.593. The summed E-state index contributed by atoms with van der Waals surface area (Å²) < 4.78 is 113. The van der Waals surface area contributed by atoms with Crippen LogP contribution in [-0.4, -0.2) is 49.8 Å². The van der Waals surface area contributed by atoms with Crippen LogP contribution in [-0.2, 0) is 11.2 Å². The van der Waals surface area contributed by atoms with Crippen LogP contribution in [0.25, 0.3) is 5.65 Å². The summed E-state index contributed by atoms with van der Waals surface area (Å²) in [4.78, 5) is 28.7. The molecule has 0 bridgehead atoms. The minimum absolute atomic E-state index is 0.0356. The second-order valence-corrected chi connectivity index (χ2v) is 11.5. The van der Waals surface area contributed by atoms with Crippen LogP contribution in [0.3, 0.4) is 0 Å². The zero-order chi connectivity index (χ0) is 32.0. The Morgan fingerprint density at radius 2 is 1.75 bits per heavy atom.